The molecule has 0 bridgehead atoms. The van der Waals surface area contributed by atoms with Gasteiger partial charge >= 0.3 is 0 Å². The summed E-state index contributed by atoms with van der Waals surface area (Å²) in [6.45, 7) is 5.77. The minimum Gasteiger partial charge on any atom is -0.347 e. The molecule has 0 aromatic heterocycles. The minimum absolute atomic E-state index is 0.114. The van der Waals surface area contributed by atoms with E-state index in [1.165, 1.54) is 5.56 Å². The Hall–Kier alpha value is -2.27. The standard InChI is InChI=1S/C20H24N2O2S/c1-20(2,3)22-19(24)16-11-7-8-12-17(16)21-18(23)14-25-13-15-9-5-4-6-10-15/h4-12H,13-14H2,1-3H3,(H,21,23)(H,22,24). The number of amides is 2. The summed E-state index contributed by atoms with van der Waals surface area (Å²) in [7, 11) is 0. The van der Waals surface area contributed by atoms with Crippen molar-refractivity contribution in [1.29, 1.82) is 0 Å². The van der Waals surface area contributed by atoms with Gasteiger partial charge in [0.15, 0.2) is 0 Å². The van der Waals surface area contributed by atoms with Crippen molar-refractivity contribution in [3.05, 3.63) is 65.7 Å². The minimum atomic E-state index is -0.334. The van der Waals surface area contributed by atoms with Crippen LogP contribution in [0.4, 0.5) is 5.69 Å². The van der Waals surface area contributed by atoms with E-state index in [2.05, 4.69) is 10.6 Å². The number of anilines is 1. The molecular weight excluding hydrogens is 332 g/mol. The zero-order valence-electron chi connectivity index (χ0n) is 14.8. The zero-order chi connectivity index (χ0) is 18.3. The van der Waals surface area contributed by atoms with Crippen LogP contribution in [0.2, 0.25) is 0 Å². The summed E-state index contributed by atoms with van der Waals surface area (Å²) >= 11 is 1.55. The summed E-state index contributed by atoms with van der Waals surface area (Å²) in [6.07, 6.45) is 0. The summed E-state index contributed by atoms with van der Waals surface area (Å²) in [6, 6.07) is 17.1. The molecule has 0 aliphatic heterocycles. The SMILES string of the molecule is CC(C)(C)NC(=O)c1ccccc1NC(=O)CSCc1ccccc1. The summed E-state index contributed by atoms with van der Waals surface area (Å²) < 4.78 is 0. The Morgan fingerprint density at radius 1 is 0.960 bits per heavy atom. The van der Waals surface area contributed by atoms with Crippen molar-refractivity contribution in [3.8, 4) is 0 Å². The Morgan fingerprint density at radius 3 is 2.28 bits per heavy atom. The molecule has 0 radical (unpaired) electrons. The molecule has 0 atom stereocenters. The van der Waals surface area contributed by atoms with Crippen LogP contribution in [0, 0.1) is 0 Å². The Balaban J connectivity index is 1.93. The number of hydrogen-bond donors (Lipinski definition) is 2. The first kappa shape index (κ1) is 19.1. The highest BCUT2D eigenvalue weighted by Crippen LogP contribution is 2.18. The van der Waals surface area contributed by atoms with Crippen LogP contribution in [0.25, 0.3) is 0 Å². The van der Waals surface area contributed by atoms with Crippen LogP contribution in [-0.4, -0.2) is 23.1 Å². The summed E-state index contributed by atoms with van der Waals surface area (Å²) in [5.74, 6) is 0.808. The number of carbonyl (C=O) groups is 2. The number of hydrogen-bond acceptors (Lipinski definition) is 3. The Kier molecular flexibility index (Phi) is 6.65. The molecule has 25 heavy (non-hydrogen) atoms. The molecule has 2 amide bonds. The number of benzene rings is 2. The first-order chi connectivity index (χ1) is 11.8. The average molecular weight is 356 g/mol. The smallest absolute Gasteiger partial charge is 0.253 e. The van der Waals surface area contributed by atoms with Crippen LogP contribution < -0.4 is 10.6 Å². The molecule has 4 nitrogen and oxygen atoms in total. The molecule has 2 rings (SSSR count). The molecule has 0 heterocycles. The number of thioether (sulfide) groups is 1. The van der Waals surface area contributed by atoms with Crippen molar-refractivity contribution in [1.82, 2.24) is 5.32 Å². The summed E-state index contributed by atoms with van der Waals surface area (Å²) in [4.78, 5) is 24.6. The van der Waals surface area contributed by atoms with E-state index in [1.807, 2.05) is 51.1 Å². The van der Waals surface area contributed by atoms with E-state index in [0.29, 0.717) is 17.0 Å². The maximum Gasteiger partial charge on any atom is 0.253 e. The van der Waals surface area contributed by atoms with E-state index in [-0.39, 0.29) is 17.4 Å². The van der Waals surface area contributed by atoms with E-state index in [9.17, 15) is 9.59 Å². The molecule has 0 aliphatic rings. The highest BCUT2D eigenvalue weighted by molar-refractivity contribution is 7.99. The van der Waals surface area contributed by atoms with Gasteiger partial charge in [0.2, 0.25) is 5.91 Å². The van der Waals surface area contributed by atoms with Gasteiger partial charge < -0.3 is 10.6 Å². The summed E-state index contributed by atoms with van der Waals surface area (Å²) in [5, 5.41) is 5.76. The normalized spacial score (nSPS) is 11.0. The molecule has 0 aliphatic carbocycles. The third kappa shape index (κ3) is 6.63. The fourth-order valence-corrected chi connectivity index (χ4v) is 3.01. The number of rotatable bonds is 6. The van der Waals surface area contributed by atoms with Crippen LogP contribution in [0.3, 0.4) is 0 Å². The molecule has 132 valence electrons. The third-order valence-corrected chi connectivity index (χ3v) is 4.28. The Labute approximate surface area is 153 Å². The first-order valence-corrected chi connectivity index (χ1v) is 9.34. The second kappa shape index (κ2) is 8.72. The van der Waals surface area contributed by atoms with Crippen LogP contribution in [-0.2, 0) is 10.5 Å². The van der Waals surface area contributed by atoms with Crippen LogP contribution in [0.1, 0.15) is 36.7 Å². The molecule has 0 unspecified atom stereocenters. The number of nitrogens with one attached hydrogen (secondary N) is 2. The van der Waals surface area contributed by atoms with Gasteiger partial charge in [0.1, 0.15) is 0 Å². The van der Waals surface area contributed by atoms with Gasteiger partial charge in [-0.05, 0) is 38.5 Å². The molecule has 0 fully saturated rings. The Morgan fingerprint density at radius 2 is 1.60 bits per heavy atom. The van der Waals surface area contributed by atoms with Crippen LogP contribution in [0.15, 0.2) is 54.6 Å². The molecule has 2 aromatic rings. The van der Waals surface area contributed by atoms with Gasteiger partial charge in [0.25, 0.3) is 5.91 Å². The average Bonchev–Trinajstić information content (AvgIpc) is 2.54. The topological polar surface area (TPSA) is 58.2 Å². The predicted molar refractivity (Wildman–Crippen MR) is 105 cm³/mol. The third-order valence-electron chi connectivity index (χ3n) is 3.28. The van der Waals surface area contributed by atoms with Gasteiger partial charge in [-0.25, -0.2) is 0 Å². The highest BCUT2D eigenvalue weighted by Gasteiger charge is 2.18. The molecular formula is C20H24N2O2S. The van der Waals surface area contributed by atoms with Crippen molar-refractivity contribution >= 4 is 29.3 Å². The van der Waals surface area contributed by atoms with Crippen LogP contribution >= 0.6 is 11.8 Å². The lowest BCUT2D eigenvalue weighted by atomic mass is 10.1. The maximum atomic E-state index is 12.4. The van der Waals surface area contributed by atoms with Crippen molar-refractivity contribution in [2.75, 3.05) is 11.1 Å². The van der Waals surface area contributed by atoms with E-state index in [4.69, 9.17) is 0 Å². The fourth-order valence-electron chi connectivity index (χ4n) is 2.22. The molecule has 2 aromatic carbocycles. The second-order valence-electron chi connectivity index (χ2n) is 6.78. The van der Waals surface area contributed by atoms with Gasteiger partial charge in [-0.3, -0.25) is 9.59 Å². The van der Waals surface area contributed by atoms with E-state index in [0.717, 1.165) is 5.75 Å². The fraction of sp³-hybridized carbons (Fsp3) is 0.300. The lowest BCUT2D eigenvalue weighted by molar-refractivity contribution is -0.113. The predicted octanol–water partition coefficient (Wildman–Crippen LogP) is 4.09. The Bertz CT molecular complexity index is 724. The van der Waals surface area contributed by atoms with Gasteiger partial charge in [-0.2, -0.15) is 0 Å². The van der Waals surface area contributed by atoms with E-state index < -0.39 is 0 Å². The van der Waals surface area contributed by atoms with Gasteiger partial charge in [0.05, 0.1) is 17.0 Å². The van der Waals surface area contributed by atoms with Gasteiger partial charge in [-0.15, -0.1) is 11.8 Å². The second-order valence-corrected chi connectivity index (χ2v) is 7.76. The molecule has 2 N–H and O–H groups in total. The monoisotopic (exact) mass is 356 g/mol. The first-order valence-electron chi connectivity index (χ1n) is 8.18. The van der Waals surface area contributed by atoms with Crippen molar-refractivity contribution in [2.45, 2.75) is 32.1 Å². The van der Waals surface area contributed by atoms with Gasteiger partial charge in [0, 0.05) is 11.3 Å². The zero-order valence-corrected chi connectivity index (χ0v) is 15.7. The highest BCUT2D eigenvalue weighted by atomic mass is 32.2. The number of para-hydroxylation sites is 1. The van der Waals surface area contributed by atoms with Crippen molar-refractivity contribution < 1.29 is 9.59 Å². The lowest BCUT2D eigenvalue weighted by Crippen LogP contribution is -2.40. The summed E-state index contributed by atoms with van der Waals surface area (Å²) in [5.41, 5.74) is 1.86. The lowest BCUT2D eigenvalue weighted by Gasteiger charge is -2.21. The van der Waals surface area contributed by atoms with E-state index in [1.54, 1.807) is 36.0 Å². The number of carbonyl (C=O) groups excluding carboxylic acids is 2. The van der Waals surface area contributed by atoms with Crippen LogP contribution in [0.5, 0.6) is 0 Å². The molecule has 5 heteroatoms. The van der Waals surface area contributed by atoms with Crippen molar-refractivity contribution in [2.24, 2.45) is 0 Å². The van der Waals surface area contributed by atoms with Crippen molar-refractivity contribution in [3.63, 3.8) is 0 Å². The molecule has 0 spiro atoms. The molecule has 0 saturated heterocycles. The molecule has 0 saturated carbocycles. The maximum absolute atomic E-state index is 12.4. The van der Waals surface area contributed by atoms with E-state index >= 15 is 0 Å². The van der Waals surface area contributed by atoms with Gasteiger partial charge in [-0.1, -0.05) is 42.5 Å². The largest absolute Gasteiger partial charge is 0.347 e. The quantitative estimate of drug-likeness (QED) is 0.820.